The van der Waals surface area contributed by atoms with Crippen molar-refractivity contribution in [2.45, 2.75) is 43.9 Å². The monoisotopic (exact) mass is 417 g/mol. The van der Waals surface area contributed by atoms with Gasteiger partial charge in [-0.05, 0) is 37.8 Å². The fraction of sp³-hybridized carbons (Fsp3) is 0.545. The fourth-order valence-electron chi connectivity index (χ4n) is 4.59. The van der Waals surface area contributed by atoms with E-state index in [-0.39, 0.29) is 35.4 Å². The van der Waals surface area contributed by atoms with Crippen molar-refractivity contribution in [2.24, 2.45) is 5.92 Å². The van der Waals surface area contributed by atoms with Gasteiger partial charge in [-0.15, -0.1) is 6.42 Å². The van der Waals surface area contributed by atoms with E-state index in [0.717, 1.165) is 12.8 Å². The van der Waals surface area contributed by atoms with E-state index in [2.05, 4.69) is 5.92 Å². The first-order chi connectivity index (χ1) is 14.5. The Balaban J connectivity index is 1.84. The van der Waals surface area contributed by atoms with Crippen LogP contribution in [0.3, 0.4) is 0 Å². The van der Waals surface area contributed by atoms with Gasteiger partial charge in [0.05, 0.1) is 34.5 Å². The Hall–Kier alpha value is -3.08. The molecule has 0 bridgehead atoms. The topological polar surface area (TPSA) is 83.5 Å². The average molecular weight is 417 g/mol. The molecule has 0 radical (unpaired) electrons. The highest BCUT2D eigenvalue weighted by Gasteiger charge is 2.49. The molecule has 1 aliphatic carbocycles. The van der Waals surface area contributed by atoms with Gasteiger partial charge in [-0.2, -0.15) is 0 Å². The molecule has 1 aliphatic heterocycles. The Morgan fingerprint density at radius 2 is 1.80 bits per heavy atom. The number of hydrogen-bond acceptors (Lipinski definition) is 7. The average Bonchev–Trinajstić information content (AvgIpc) is 3.16. The Morgan fingerprint density at radius 1 is 1.07 bits per heavy atom. The predicted octanol–water partition coefficient (Wildman–Crippen LogP) is 2.88. The van der Waals surface area contributed by atoms with Crippen molar-refractivity contribution in [3.8, 4) is 29.6 Å². The molecule has 1 amide bonds. The summed E-state index contributed by atoms with van der Waals surface area (Å²) >= 11 is 0. The number of ether oxygens (including phenoxy) is 5. The predicted molar refractivity (Wildman–Crippen MR) is 108 cm³/mol. The number of carbonyl (C=O) groups excluding carboxylic acids is 2. The van der Waals surface area contributed by atoms with Crippen LogP contribution in [0.15, 0.2) is 12.1 Å². The summed E-state index contributed by atoms with van der Waals surface area (Å²) in [5.41, 5.74) is 0.244. The molecule has 1 saturated carbocycles. The molecular weight excluding hydrogens is 390 g/mol. The van der Waals surface area contributed by atoms with Crippen LogP contribution in [0, 0.1) is 18.3 Å². The highest BCUT2D eigenvalue weighted by atomic mass is 16.6. The Morgan fingerprint density at radius 3 is 2.40 bits per heavy atom. The van der Waals surface area contributed by atoms with Crippen molar-refractivity contribution in [1.29, 1.82) is 0 Å². The van der Waals surface area contributed by atoms with Crippen molar-refractivity contribution < 1.29 is 33.3 Å². The molecule has 8 nitrogen and oxygen atoms in total. The van der Waals surface area contributed by atoms with Gasteiger partial charge in [0, 0.05) is 12.0 Å². The van der Waals surface area contributed by atoms with Gasteiger partial charge in [0.1, 0.15) is 11.7 Å². The van der Waals surface area contributed by atoms with Crippen LogP contribution in [0.1, 0.15) is 36.0 Å². The smallest absolute Gasteiger partial charge is 0.410 e. The highest BCUT2D eigenvalue weighted by Crippen LogP contribution is 2.43. The largest absolute Gasteiger partial charge is 0.493 e. The maximum Gasteiger partial charge on any atom is 0.410 e. The molecule has 1 unspecified atom stereocenters. The summed E-state index contributed by atoms with van der Waals surface area (Å²) in [5.74, 6) is 3.12. The van der Waals surface area contributed by atoms with Gasteiger partial charge in [0.25, 0.3) is 0 Å². The number of terminal acetylenes is 1. The van der Waals surface area contributed by atoms with Gasteiger partial charge in [0.15, 0.2) is 11.5 Å². The van der Waals surface area contributed by atoms with Crippen molar-refractivity contribution in [3.63, 3.8) is 0 Å². The lowest BCUT2D eigenvalue weighted by molar-refractivity contribution is -0.00755. The summed E-state index contributed by atoms with van der Waals surface area (Å²) in [4.78, 5) is 26.9. The van der Waals surface area contributed by atoms with E-state index >= 15 is 0 Å². The molecule has 1 saturated heterocycles. The number of benzene rings is 1. The normalized spacial score (nSPS) is 25.0. The Bertz CT molecular complexity index is 847. The second-order valence-corrected chi connectivity index (χ2v) is 7.28. The molecule has 2 fully saturated rings. The first kappa shape index (κ1) is 21.6. The van der Waals surface area contributed by atoms with Gasteiger partial charge < -0.3 is 23.7 Å². The first-order valence-electron chi connectivity index (χ1n) is 9.83. The van der Waals surface area contributed by atoms with Gasteiger partial charge >= 0.3 is 12.1 Å². The minimum atomic E-state index is -0.521. The van der Waals surface area contributed by atoms with Gasteiger partial charge in [-0.3, -0.25) is 4.90 Å². The van der Waals surface area contributed by atoms with Crippen LogP contribution < -0.4 is 14.2 Å². The van der Waals surface area contributed by atoms with Crippen LogP contribution in [0.4, 0.5) is 4.79 Å². The quantitative estimate of drug-likeness (QED) is 0.538. The van der Waals surface area contributed by atoms with E-state index in [0.29, 0.717) is 24.3 Å². The number of esters is 1. The van der Waals surface area contributed by atoms with E-state index in [4.69, 9.17) is 30.1 Å². The van der Waals surface area contributed by atoms with Crippen LogP contribution >= 0.6 is 0 Å². The molecule has 1 aromatic rings. The molecule has 162 valence electrons. The van der Waals surface area contributed by atoms with E-state index < -0.39 is 12.1 Å². The Kier molecular flexibility index (Phi) is 6.60. The van der Waals surface area contributed by atoms with Crippen LogP contribution in [-0.2, 0) is 9.47 Å². The first-order valence-corrected chi connectivity index (χ1v) is 9.83. The standard InChI is InChI=1S/C22H27NO7/c1-6-13-12-15-16(23(13)22(25)29-5)8-7-9-17(15)30-21(24)14-10-11-18(26-2)20(28-4)19(14)27-3/h1,10-11,13,15-17H,7-9,12H2,2-5H3/t13?,15-,16-,17+/m1/s1. The van der Waals surface area contributed by atoms with Crippen LogP contribution in [-0.4, -0.2) is 63.6 Å². The van der Waals surface area contributed by atoms with E-state index in [9.17, 15) is 9.59 Å². The molecule has 0 aromatic heterocycles. The molecule has 0 spiro atoms. The molecule has 30 heavy (non-hydrogen) atoms. The van der Waals surface area contributed by atoms with Gasteiger partial charge in [0.2, 0.25) is 5.75 Å². The number of carbonyl (C=O) groups is 2. The molecule has 8 heteroatoms. The maximum atomic E-state index is 13.0. The van der Waals surface area contributed by atoms with Crippen molar-refractivity contribution in [2.75, 3.05) is 28.4 Å². The zero-order chi connectivity index (χ0) is 21.8. The Labute approximate surface area is 176 Å². The molecule has 1 aromatic carbocycles. The van der Waals surface area contributed by atoms with Crippen LogP contribution in [0.5, 0.6) is 17.2 Å². The number of amides is 1. The minimum Gasteiger partial charge on any atom is -0.493 e. The minimum absolute atomic E-state index is 0.0472. The van der Waals surface area contributed by atoms with E-state index in [1.807, 2.05) is 0 Å². The van der Waals surface area contributed by atoms with Crippen LogP contribution in [0.2, 0.25) is 0 Å². The number of rotatable bonds is 5. The summed E-state index contributed by atoms with van der Waals surface area (Å²) in [6.07, 6.45) is 7.73. The van der Waals surface area contributed by atoms with E-state index in [1.165, 1.54) is 28.4 Å². The number of methoxy groups -OCH3 is 4. The lowest BCUT2D eigenvalue weighted by atomic mass is 9.82. The second kappa shape index (κ2) is 9.16. The summed E-state index contributed by atoms with van der Waals surface area (Å²) in [5, 5.41) is 0. The third-order valence-corrected chi connectivity index (χ3v) is 5.91. The molecular formula is C22H27NO7. The highest BCUT2D eigenvalue weighted by molar-refractivity contribution is 5.94. The SMILES string of the molecule is C#CC1C[C@H]2[C@@H](OC(=O)c3ccc(OC)c(OC)c3OC)CCC[C@H]2N1C(=O)OC. The third-order valence-electron chi connectivity index (χ3n) is 5.91. The third kappa shape index (κ3) is 3.72. The maximum absolute atomic E-state index is 13.0. The van der Waals surface area contributed by atoms with Crippen molar-refractivity contribution in [1.82, 2.24) is 4.90 Å². The molecule has 0 N–H and O–H groups in total. The van der Waals surface area contributed by atoms with Gasteiger partial charge in [-0.25, -0.2) is 9.59 Å². The molecule has 1 heterocycles. The molecule has 3 rings (SSSR count). The summed E-state index contributed by atoms with van der Waals surface area (Å²) in [6, 6.07) is 2.73. The number of nitrogens with zero attached hydrogens (tertiary/aromatic N) is 1. The van der Waals surface area contributed by atoms with Crippen molar-refractivity contribution in [3.05, 3.63) is 17.7 Å². The second-order valence-electron chi connectivity index (χ2n) is 7.28. The summed E-state index contributed by atoms with van der Waals surface area (Å²) in [6.45, 7) is 0. The lowest BCUT2D eigenvalue weighted by Crippen LogP contribution is -2.46. The zero-order valence-corrected chi connectivity index (χ0v) is 17.7. The van der Waals surface area contributed by atoms with Crippen LogP contribution in [0.25, 0.3) is 0 Å². The summed E-state index contributed by atoms with van der Waals surface area (Å²) < 4.78 is 26.8. The zero-order valence-electron chi connectivity index (χ0n) is 17.7. The lowest BCUT2D eigenvalue weighted by Gasteiger charge is -2.36. The van der Waals surface area contributed by atoms with Gasteiger partial charge in [-0.1, -0.05) is 5.92 Å². The fourth-order valence-corrected chi connectivity index (χ4v) is 4.59. The molecule has 4 atom stereocenters. The number of fused-ring (bicyclic) bond motifs is 1. The van der Waals surface area contributed by atoms with Crippen molar-refractivity contribution >= 4 is 12.1 Å². The number of likely N-dealkylation sites (tertiary alicyclic amines) is 1. The summed E-state index contributed by atoms with van der Waals surface area (Å²) in [7, 11) is 5.77. The molecule has 2 aliphatic rings. The number of hydrogen-bond donors (Lipinski definition) is 0. The van der Waals surface area contributed by atoms with E-state index in [1.54, 1.807) is 17.0 Å².